The summed E-state index contributed by atoms with van der Waals surface area (Å²) in [7, 11) is 0. The average molecular weight is 183 g/mol. The van der Waals surface area contributed by atoms with E-state index in [1.54, 1.807) is 18.5 Å². The van der Waals surface area contributed by atoms with Crippen LogP contribution in [0.1, 0.15) is 0 Å². The van der Waals surface area contributed by atoms with Gasteiger partial charge in [-0.2, -0.15) is 0 Å². The molecule has 1 amide bonds. The van der Waals surface area contributed by atoms with Gasteiger partial charge < -0.3 is 10.1 Å². The standard InChI is InChI=1S/C7H9N3O3/c11-6(10-12)5-13-7-1-2-8-3-4-9-7/h1-4,9,12H,5H2,(H,10,11). The van der Waals surface area contributed by atoms with E-state index < -0.39 is 5.91 Å². The van der Waals surface area contributed by atoms with E-state index in [2.05, 4.69) is 10.3 Å². The van der Waals surface area contributed by atoms with E-state index in [4.69, 9.17) is 9.94 Å². The number of carbonyl (C=O) groups excluding carboxylic acids is 1. The number of hydrogen-bond donors (Lipinski definition) is 3. The van der Waals surface area contributed by atoms with E-state index in [0.717, 1.165) is 0 Å². The minimum absolute atomic E-state index is 0.253. The van der Waals surface area contributed by atoms with Gasteiger partial charge in [0.15, 0.2) is 12.5 Å². The van der Waals surface area contributed by atoms with Crippen molar-refractivity contribution in [1.82, 2.24) is 10.8 Å². The Bertz CT molecular complexity index is 270. The third-order valence-electron chi connectivity index (χ3n) is 1.18. The molecule has 1 rings (SSSR count). The molecular weight excluding hydrogens is 174 g/mol. The van der Waals surface area contributed by atoms with Crippen LogP contribution >= 0.6 is 0 Å². The lowest BCUT2D eigenvalue weighted by Gasteiger charge is -2.06. The van der Waals surface area contributed by atoms with Crippen molar-refractivity contribution in [3.63, 3.8) is 0 Å². The second kappa shape index (κ2) is 4.94. The highest BCUT2D eigenvalue weighted by atomic mass is 16.5. The second-order valence-electron chi connectivity index (χ2n) is 2.11. The fourth-order valence-corrected chi connectivity index (χ4v) is 0.636. The van der Waals surface area contributed by atoms with Crippen LogP contribution in [0.3, 0.4) is 0 Å². The Kier molecular flexibility index (Phi) is 3.52. The summed E-state index contributed by atoms with van der Waals surface area (Å²) < 4.78 is 4.95. The molecule has 0 spiro atoms. The van der Waals surface area contributed by atoms with Gasteiger partial charge in [0.1, 0.15) is 0 Å². The molecule has 6 nitrogen and oxygen atoms in total. The fraction of sp³-hybridized carbons (Fsp3) is 0.143. The number of aliphatic imine (C=N–C) groups is 1. The molecule has 0 aromatic rings. The molecule has 3 N–H and O–H groups in total. The monoisotopic (exact) mass is 183 g/mol. The molecule has 0 aromatic carbocycles. The van der Waals surface area contributed by atoms with Crippen LogP contribution in [0.2, 0.25) is 0 Å². The highest BCUT2D eigenvalue weighted by Gasteiger charge is 2.01. The van der Waals surface area contributed by atoms with Gasteiger partial charge in [0.2, 0.25) is 0 Å². The van der Waals surface area contributed by atoms with Gasteiger partial charge in [-0.15, -0.1) is 0 Å². The van der Waals surface area contributed by atoms with Gasteiger partial charge in [0.05, 0.1) is 0 Å². The number of nitrogens with zero attached hydrogens (tertiary/aromatic N) is 1. The van der Waals surface area contributed by atoms with E-state index >= 15 is 0 Å². The first-order chi connectivity index (χ1) is 6.33. The Labute approximate surface area is 74.6 Å². The van der Waals surface area contributed by atoms with Crippen LogP contribution < -0.4 is 10.8 Å². The number of hydroxylamine groups is 1. The zero-order valence-corrected chi connectivity index (χ0v) is 6.73. The lowest BCUT2D eigenvalue weighted by molar-refractivity contribution is -0.132. The summed E-state index contributed by atoms with van der Waals surface area (Å²) in [5.41, 5.74) is 1.45. The second-order valence-corrected chi connectivity index (χ2v) is 2.11. The Morgan fingerprint density at radius 2 is 2.62 bits per heavy atom. The molecule has 13 heavy (non-hydrogen) atoms. The molecule has 0 bridgehead atoms. The van der Waals surface area contributed by atoms with E-state index in [-0.39, 0.29) is 6.61 Å². The number of carbonyl (C=O) groups is 1. The molecule has 0 saturated carbocycles. The smallest absolute Gasteiger partial charge is 0.281 e. The van der Waals surface area contributed by atoms with Gasteiger partial charge in [0.25, 0.3) is 5.91 Å². The SMILES string of the molecule is O=C(COC1=CC=NC=CN1)NO. The topological polar surface area (TPSA) is 83.0 Å². The number of ether oxygens (including phenoxy) is 1. The number of rotatable bonds is 3. The zero-order chi connectivity index (χ0) is 9.52. The summed E-state index contributed by atoms with van der Waals surface area (Å²) in [6.45, 7) is -0.253. The summed E-state index contributed by atoms with van der Waals surface area (Å²) in [6.07, 6.45) is 6.18. The van der Waals surface area contributed by atoms with E-state index in [0.29, 0.717) is 5.88 Å². The Morgan fingerprint density at radius 3 is 3.38 bits per heavy atom. The lowest BCUT2D eigenvalue weighted by atomic mass is 10.6. The molecule has 0 aliphatic carbocycles. The van der Waals surface area contributed by atoms with Gasteiger partial charge in [-0.3, -0.25) is 15.0 Å². The minimum atomic E-state index is -0.618. The maximum absolute atomic E-state index is 10.5. The van der Waals surface area contributed by atoms with Gasteiger partial charge in [0, 0.05) is 24.7 Å². The molecule has 0 fully saturated rings. The maximum atomic E-state index is 10.5. The highest BCUT2D eigenvalue weighted by Crippen LogP contribution is 1.94. The third kappa shape index (κ3) is 3.39. The molecule has 1 aliphatic heterocycles. The molecule has 1 heterocycles. The normalized spacial score (nSPS) is 14.1. The van der Waals surface area contributed by atoms with Crippen molar-refractivity contribution in [1.29, 1.82) is 0 Å². The van der Waals surface area contributed by atoms with E-state index in [1.165, 1.54) is 11.7 Å². The molecule has 0 unspecified atom stereocenters. The summed E-state index contributed by atoms with van der Waals surface area (Å²) in [5.74, 6) is -0.228. The van der Waals surface area contributed by atoms with Crippen molar-refractivity contribution < 1.29 is 14.7 Å². The van der Waals surface area contributed by atoms with Crippen LogP contribution in [-0.4, -0.2) is 23.9 Å². The third-order valence-corrected chi connectivity index (χ3v) is 1.18. The number of amides is 1. The number of hydrogen-bond acceptors (Lipinski definition) is 5. The molecule has 70 valence electrons. The van der Waals surface area contributed by atoms with Crippen LogP contribution in [0.15, 0.2) is 29.4 Å². The maximum Gasteiger partial charge on any atom is 0.281 e. The average Bonchev–Trinajstić information content (AvgIpc) is 2.42. The Balaban J connectivity index is 2.36. The van der Waals surface area contributed by atoms with Crippen molar-refractivity contribution in [3.8, 4) is 0 Å². The zero-order valence-electron chi connectivity index (χ0n) is 6.73. The molecule has 1 aliphatic rings. The number of allylic oxidation sites excluding steroid dienone is 1. The molecule has 0 atom stereocenters. The van der Waals surface area contributed by atoms with E-state index in [9.17, 15) is 4.79 Å². The van der Waals surface area contributed by atoms with Gasteiger partial charge in [-0.1, -0.05) is 0 Å². The van der Waals surface area contributed by atoms with E-state index in [1.807, 2.05) is 0 Å². The van der Waals surface area contributed by atoms with Crippen molar-refractivity contribution in [2.24, 2.45) is 4.99 Å². The predicted molar refractivity (Wildman–Crippen MR) is 44.7 cm³/mol. The minimum Gasteiger partial charge on any atom is -0.469 e. The summed E-state index contributed by atoms with van der Waals surface area (Å²) in [4.78, 5) is 14.3. The van der Waals surface area contributed by atoms with Crippen LogP contribution in [0.4, 0.5) is 0 Å². The van der Waals surface area contributed by atoms with Crippen LogP contribution in [-0.2, 0) is 9.53 Å². The van der Waals surface area contributed by atoms with Gasteiger partial charge >= 0.3 is 0 Å². The van der Waals surface area contributed by atoms with Crippen molar-refractivity contribution in [2.45, 2.75) is 0 Å². The Hall–Kier alpha value is -1.82. The van der Waals surface area contributed by atoms with Crippen molar-refractivity contribution in [3.05, 3.63) is 24.4 Å². The Morgan fingerprint density at radius 1 is 1.77 bits per heavy atom. The molecule has 6 heteroatoms. The van der Waals surface area contributed by atoms with Crippen LogP contribution in [0, 0.1) is 0 Å². The largest absolute Gasteiger partial charge is 0.469 e. The first-order valence-electron chi connectivity index (χ1n) is 3.53. The van der Waals surface area contributed by atoms with Gasteiger partial charge in [-0.25, -0.2) is 5.48 Å². The highest BCUT2D eigenvalue weighted by molar-refractivity contribution is 5.76. The predicted octanol–water partition coefficient (Wildman–Crippen LogP) is -0.505. The lowest BCUT2D eigenvalue weighted by Crippen LogP contribution is -2.25. The summed E-state index contributed by atoms with van der Waals surface area (Å²) in [5, 5.41) is 10.9. The first-order valence-corrected chi connectivity index (χ1v) is 3.53. The van der Waals surface area contributed by atoms with Crippen molar-refractivity contribution in [2.75, 3.05) is 6.61 Å². The summed E-state index contributed by atoms with van der Waals surface area (Å²) in [6, 6.07) is 0. The van der Waals surface area contributed by atoms with Crippen molar-refractivity contribution >= 4 is 12.1 Å². The molecule has 0 saturated heterocycles. The molecule has 0 aromatic heterocycles. The summed E-state index contributed by atoms with van der Waals surface area (Å²) >= 11 is 0. The fourth-order valence-electron chi connectivity index (χ4n) is 0.636. The van der Waals surface area contributed by atoms with Crippen LogP contribution in [0.5, 0.6) is 0 Å². The number of nitrogens with one attached hydrogen (secondary N) is 2. The first kappa shape index (κ1) is 9.27. The molecule has 0 radical (unpaired) electrons. The van der Waals surface area contributed by atoms with Gasteiger partial charge in [-0.05, 0) is 0 Å². The quantitative estimate of drug-likeness (QED) is 0.406. The molecular formula is C7H9N3O3. The van der Waals surface area contributed by atoms with Crippen LogP contribution in [0.25, 0.3) is 0 Å².